The molecule has 2 heterocycles. The third kappa shape index (κ3) is 4.16. The molecule has 0 saturated carbocycles. The maximum Gasteiger partial charge on any atom is 0.254 e. The molecule has 2 aromatic rings. The van der Waals surface area contributed by atoms with E-state index in [4.69, 9.17) is 18.7 Å². The summed E-state index contributed by atoms with van der Waals surface area (Å²) in [4.78, 5) is 17.0. The zero-order valence-corrected chi connectivity index (χ0v) is 16.2. The van der Waals surface area contributed by atoms with Crippen LogP contribution >= 0.6 is 0 Å². The summed E-state index contributed by atoms with van der Waals surface area (Å²) in [6, 6.07) is 5.32. The smallest absolute Gasteiger partial charge is 0.254 e. The molecule has 0 unspecified atom stereocenters. The average Bonchev–Trinajstić information content (AvgIpc) is 3.11. The van der Waals surface area contributed by atoms with Crippen molar-refractivity contribution in [2.75, 3.05) is 47.5 Å². The molecule has 1 aromatic heterocycles. The van der Waals surface area contributed by atoms with E-state index in [9.17, 15) is 4.79 Å². The molecule has 1 aromatic carbocycles. The SMILES string of the molecule is COc1cc(C(=O)N2CCN(Cc3cc(C)on3)CC2)cc(OC)c1OC. The molecule has 1 saturated heterocycles. The Bertz CT molecular complexity index is 771. The van der Waals surface area contributed by atoms with Gasteiger partial charge >= 0.3 is 0 Å². The summed E-state index contributed by atoms with van der Waals surface area (Å²) in [7, 11) is 4.61. The predicted molar refractivity (Wildman–Crippen MR) is 98.5 cm³/mol. The zero-order valence-electron chi connectivity index (χ0n) is 16.2. The first-order valence-electron chi connectivity index (χ1n) is 8.79. The molecule has 3 rings (SSSR count). The van der Waals surface area contributed by atoms with E-state index in [-0.39, 0.29) is 5.91 Å². The van der Waals surface area contributed by atoms with E-state index in [2.05, 4.69) is 10.1 Å². The van der Waals surface area contributed by atoms with Crippen molar-refractivity contribution in [3.8, 4) is 17.2 Å². The van der Waals surface area contributed by atoms with Crippen LogP contribution < -0.4 is 14.2 Å². The highest BCUT2D eigenvalue weighted by Crippen LogP contribution is 2.38. The third-order valence-electron chi connectivity index (χ3n) is 4.63. The van der Waals surface area contributed by atoms with Gasteiger partial charge in [0.1, 0.15) is 5.76 Å². The molecule has 0 N–H and O–H groups in total. The first-order valence-corrected chi connectivity index (χ1v) is 8.79. The lowest BCUT2D eigenvalue weighted by Crippen LogP contribution is -2.48. The van der Waals surface area contributed by atoms with Gasteiger partial charge in [-0.2, -0.15) is 0 Å². The molecule has 146 valence electrons. The molecule has 1 fully saturated rings. The highest BCUT2D eigenvalue weighted by molar-refractivity contribution is 5.95. The van der Waals surface area contributed by atoms with Gasteiger partial charge in [-0.25, -0.2) is 0 Å². The van der Waals surface area contributed by atoms with E-state index in [1.165, 1.54) is 21.3 Å². The molecule has 0 aliphatic carbocycles. The van der Waals surface area contributed by atoms with Crippen molar-refractivity contribution in [3.05, 3.63) is 35.2 Å². The number of amides is 1. The normalized spacial score (nSPS) is 14.9. The van der Waals surface area contributed by atoms with E-state index in [1.807, 2.05) is 17.9 Å². The average molecular weight is 375 g/mol. The number of aromatic nitrogens is 1. The predicted octanol–water partition coefficient (Wildman–Crippen LogP) is 1.97. The van der Waals surface area contributed by atoms with Crippen molar-refractivity contribution in [3.63, 3.8) is 0 Å². The fourth-order valence-corrected chi connectivity index (χ4v) is 3.22. The minimum Gasteiger partial charge on any atom is -0.493 e. The second kappa shape index (κ2) is 8.30. The summed E-state index contributed by atoms with van der Waals surface area (Å²) in [5.41, 5.74) is 1.43. The van der Waals surface area contributed by atoms with Gasteiger partial charge in [0.15, 0.2) is 11.5 Å². The molecule has 0 radical (unpaired) electrons. The van der Waals surface area contributed by atoms with Crippen molar-refractivity contribution in [2.45, 2.75) is 13.5 Å². The molecular weight excluding hydrogens is 350 g/mol. The summed E-state index contributed by atoms with van der Waals surface area (Å²) in [6.07, 6.45) is 0. The number of ether oxygens (including phenoxy) is 3. The van der Waals surface area contributed by atoms with Crippen LogP contribution in [-0.2, 0) is 6.54 Å². The van der Waals surface area contributed by atoms with Crippen LogP contribution in [0.1, 0.15) is 21.8 Å². The molecule has 0 atom stereocenters. The van der Waals surface area contributed by atoms with Crippen LogP contribution in [0.2, 0.25) is 0 Å². The van der Waals surface area contributed by atoms with Crippen LogP contribution in [-0.4, -0.2) is 68.4 Å². The van der Waals surface area contributed by atoms with E-state index < -0.39 is 0 Å². The first kappa shape index (κ1) is 19.0. The quantitative estimate of drug-likeness (QED) is 0.764. The highest BCUT2D eigenvalue weighted by atomic mass is 16.5. The van der Waals surface area contributed by atoms with Gasteiger partial charge in [0.05, 0.1) is 27.0 Å². The Morgan fingerprint density at radius 1 is 1.04 bits per heavy atom. The molecular formula is C19H25N3O5. The molecule has 27 heavy (non-hydrogen) atoms. The number of benzene rings is 1. The van der Waals surface area contributed by atoms with Crippen LogP contribution in [0, 0.1) is 6.92 Å². The Labute approximate surface area is 158 Å². The fraction of sp³-hybridized carbons (Fsp3) is 0.474. The number of rotatable bonds is 6. The topological polar surface area (TPSA) is 77.3 Å². The van der Waals surface area contributed by atoms with Gasteiger partial charge in [-0.15, -0.1) is 0 Å². The van der Waals surface area contributed by atoms with Gasteiger partial charge < -0.3 is 23.6 Å². The van der Waals surface area contributed by atoms with Crippen LogP contribution in [0.25, 0.3) is 0 Å². The fourth-order valence-electron chi connectivity index (χ4n) is 3.22. The standard InChI is InChI=1S/C19H25N3O5/c1-13-9-15(20-27-13)12-21-5-7-22(8-6-21)19(23)14-10-16(24-2)18(26-4)17(11-14)25-3/h9-11H,5-8,12H2,1-4H3. The second-order valence-corrected chi connectivity index (χ2v) is 6.41. The maximum atomic E-state index is 12.9. The molecule has 1 amide bonds. The maximum absolute atomic E-state index is 12.9. The number of aryl methyl sites for hydroxylation is 1. The Balaban J connectivity index is 1.67. The zero-order chi connectivity index (χ0) is 19.4. The summed E-state index contributed by atoms with van der Waals surface area (Å²) >= 11 is 0. The lowest BCUT2D eigenvalue weighted by atomic mass is 10.1. The number of piperazine rings is 1. The van der Waals surface area contributed by atoms with Gasteiger partial charge in [-0.1, -0.05) is 5.16 Å². The number of hydrogen-bond donors (Lipinski definition) is 0. The van der Waals surface area contributed by atoms with Crippen molar-refractivity contribution >= 4 is 5.91 Å². The van der Waals surface area contributed by atoms with E-state index in [0.29, 0.717) is 35.9 Å². The minimum absolute atomic E-state index is 0.0498. The van der Waals surface area contributed by atoms with Gasteiger partial charge in [-0.3, -0.25) is 9.69 Å². The van der Waals surface area contributed by atoms with Crippen LogP contribution in [0.3, 0.4) is 0 Å². The third-order valence-corrected chi connectivity index (χ3v) is 4.63. The number of hydrogen-bond acceptors (Lipinski definition) is 7. The molecule has 1 aliphatic rings. The number of carbonyl (C=O) groups excluding carboxylic acids is 1. The number of nitrogens with zero attached hydrogens (tertiary/aromatic N) is 3. The Kier molecular flexibility index (Phi) is 5.85. The molecule has 1 aliphatic heterocycles. The van der Waals surface area contributed by atoms with Crippen molar-refractivity contribution in [1.29, 1.82) is 0 Å². The summed E-state index contributed by atoms with van der Waals surface area (Å²) in [6.45, 7) is 5.46. The molecule has 0 spiro atoms. The molecule has 0 bridgehead atoms. The van der Waals surface area contributed by atoms with Crippen molar-refractivity contribution in [2.24, 2.45) is 0 Å². The first-order chi connectivity index (χ1) is 13.0. The number of methoxy groups -OCH3 is 3. The van der Waals surface area contributed by atoms with E-state index in [1.54, 1.807) is 12.1 Å². The second-order valence-electron chi connectivity index (χ2n) is 6.41. The number of carbonyl (C=O) groups is 1. The van der Waals surface area contributed by atoms with Crippen molar-refractivity contribution in [1.82, 2.24) is 15.0 Å². The molecule has 8 nitrogen and oxygen atoms in total. The Hall–Kier alpha value is -2.74. The van der Waals surface area contributed by atoms with Crippen molar-refractivity contribution < 1.29 is 23.5 Å². The lowest BCUT2D eigenvalue weighted by molar-refractivity contribution is 0.0625. The van der Waals surface area contributed by atoms with E-state index in [0.717, 1.165) is 31.1 Å². The van der Waals surface area contributed by atoms with Crippen LogP contribution in [0.5, 0.6) is 17.2 Å². The van der Waals surface area contributed by atoms with Crippen LogP contribution in [0.15, 0.2) is 22.7 Å². The Morgan fingerprint density at radius 3 is 2.15 bits per heavy atom. The summed E-state index contributed by atoms with van der Waals surface area (Å²) in [5, 5.41) is 4.03. The minimum atomic E-state index is -0.0498. The Morgan fingerprint density at radius 2 is 1.67 bits per heavy atom. The monoisotopic (exact) mass is 375 g/mol. The highest BCUT2D eigenvalue weighted by Gasteiger charge is 2.25. The van der Waals surface area contributed by atoms with E-state index >= 15 is 0 Å². The largest absolute Gasteiger partial charge is 0.493 e. The summed E-state index contributed by atoms with van der Waals surface area (Å²) < 4.78 is 21.1. The summed E-state index contributed by atoms with van der Waals surface area (Å²) in [5.74, 6) is 2.18. The van der Waals surface area contributed by atoms with Gasteiger partial charge in [-0.05, 0) is 19.1 Å². The van der Waals surface area contributed by atoms with Gasteiger partial charge in [0, 0.05) is 44.4 Å². The van der Waals surface area contributed by atoms with Crippen LogP contribution in [0.4, 0.5) is 0 Å². The van der Waals surface area contributed by atoms with Gasteiger partial charge in [0.2, 0.25) is 5.75 Å². The van der Waals surface area contributed by atoms with Gasteiger partial charge in [0.25, 0.3) is 5.91 Å². The lowest BCUT2D eigenvalue weighted by Gasteiger charge is -2.34. The molecule has 8 heteroatoms.